The fourth-order valence-electron chi connectivity index (χ4n) is 2.42. The van der Waals surface area contributed by atoms with Crippen LogP contribution in [0.15, 0.2) is 48.5 Å². The van der Waals surface area contributed by atoms with Crippen LogP contribution in [0.3, 0.4) is 0 Å². The second-order valence-corrected chi connectivity index (χ2v) is 6.19. The van der Waals surface area contributed by atoms with Crippen molar-refractivity contribution in [3.05, 3.63) is 59.7 Å². The summed E-state index contributed by atoms with van der Waals surface area (Å²) >= 11 is 0. The van der Waals surface area contributed by atoms with E-state index in [-0.39, 0.29) is 12.0 Å². The molecule has 0 aliphatic carbocycles. The van der Waals surface area contributed by atoms with Crippen molar-refractivity contribution in [3.8, 4) is 11.5 Å². The van der Waals surface area contributed by atoms with Gasteiger partial charge in [0.2, 0.25) is 0 Å². The van der Waals surface area contributed by atoms with Crippen LogP contribution in [0.1, 0.15) is 29.8 Å². The van der Waals surface area contributed by atoms with Gasteiger partial charge in [-0.15, -0.1) is 0 Å². The number of hydrogen-bond acceptors (Lipinski definition) is 4. The highest BCUT2D eigenvalue weighted by molar-refractivity contribution is 5.94. The highest BCUT2D eigenvalue weighted by atomic mass is 16.5. The molecule has 6 nitrogen and oxygen atoms in total. The first kappa shape index (κ1) is 19.3. The van der Waals surface area contributed by atoms with E-state index in [1.807, 2.05) is 38.1 Å². The molecule has 1 N–H and O–H groups in total. The number of benzene rings is 2. The van der Waals surface area contributed by atoms with Gasteiger partial charge in [-0.05, 0) is 49.7 Å². The predicted molar refractivity (Wildman–Crippen MR) is 97.6 cm³/mol. The lowest BCUT2D eigenvalue weighted by atomic mass is 10.1. The monoisotopic (exact) mass is 357 g/mol. The molecule has 6 heteroatoms. The second-order valence-electron chi connectivity index (χ2n) is 6.19. The minimum Gasteiger partial charge on any atom is -0.491 e. The molecule has 0 saturated carbocycles. The van der Waals surface area contributed by atoms with Crippen molar-refractivity contribution < 1.29 is 24.2 Å². The van der Waals surface area contributed by atoms with Gasteiger partial charge in [0.05, 0.1) is 6.10 Å². The molecule has 2 aromatic carbocycles. The lowest BCUT2D eigenvalue weighted by molar-refractivity contribution is -0.139. The molecule has 0 fully saturated rings. The van der Waals surface area contributed by atoms with Crippen LogP contribution in [-0.4, -0.2) is 41.6 Å². The zero-order valence-corrected chi connectivity index (χ0v) is 15.1. The summed E-state index contributed by atoms with van der Waals surface area (Å²) in [4.78, 5) is 24.8. The third-order valence-electron chi connectivity index (χ3n) is 3.48. The number of nitrogens with zero attached hydrogens (tertiary/aromatic N) is 1. The van der Waals surface area contributed by atoms with Gasteiger partial charge in [-0.2, -0.15) is 0 Å². The normalized spacial score (nSPS) is 10.5. The van der Waals surface area contributed by atoms with Crippen LogP contribution in [0, 0.1) is 0 Å². The molecule has 0 aromatic heterocycles. The van der Waals surface area contributed by atoms with E-state index in [1.54, 1.807) is 36.2 Å². The minimum absolute atomic E-state index is 0.0816. The van der Waals surface area contributed by atoms with Crippen molar-refractivity contribution in [3.63, 3.8) is 0 Å². The lowest BCUT2D eigenvalue weighted by Gasteiger charge is -2.18. The van der Waals surface area contributed by atoms with Crippen LogP contribution in [0.4, 0.5) is 0 Å². The van der Waals surface area contributed by atoms with Gasteiger partial charge in [-0.1, -0.05) is 18.2 Å². The van der Waals surface area contributed by atoms with E-state index in [0.717, 1.165) is 11.3 Å². The zero-order chi connectivity index (χ0) is 19.1. The number of carboxylic acids is 1. The smallest absolute Gasteiger partial charge is 0.341 e. The van der Waals surface area contributed by atoms with Gasteiger partial charge < -0.3 is 19.5 Å². The summed E-state index contributed by atoms with van der Waals surface area (Å²) in [5.74, 6) is -0.135. The van der Waals surface area contributed by atoms with Gasteiger partial charge in [-0.25, -0.2) is 4.79 Å². The van der Waals surface area contributed by atoms with Crippen molar-refractivity contribution in [2.75, 3.05) is 13.7 Å². The topological polar surface area (TPSA) is 76.1 Å². The summed E-state index contributed by atoms with van der Waals surface area (Å²) < 4.78 is 10.8. The van der Waals surface area contributed by atoms with Crippen LogP contribution in [0.25, 0.3) is 0 Å². The van der Waals surface area contributed by atoms with E-state index in [0.29, 0.717) is 17.9 Å². The first-order valence-electron chi connectivity index (χ1n) is 8.31. The van der Waals surface area contributed by atoms with E-state index in [4.69, 9.17) is 14.6 Å². The van der Waals surface area contributed by atoms with Crippen molar-refractivity contribution in [1.29, 1.82) is 0 Å². The molecule has 1 amide bonds. The molecule has 2 aromatic rings. The summed E-state index contributed by atoms with van der Waals surface area (Å²) in [6.45, 7) is 3.90. The summed E-state index contributed by atoms with van der Waals surface area (Å²) in [6.07, 6.45) is 0.0816. The average Bonchev–Trinajstić information content (AvgIpc) is 2.59. The Labute approximate surface area is 153 Å². The standard InChI is InChI=1S/C20H23NO5/c1-14(2)26-18-9-4-6-15(10-18)12-21(3)20(24)16-7-5-8-17(11-16)25-13-19(22)23/h4-11,14H,12-13H2,1-3H3,(H,22,23). The van der Waals surface area contributed by atoms with Crippen molar-refractivity contribution in [1.82, 2.24) is 4.90 Å². The molecular formula is C20H23NO5. The molecule has 0 radical (unpaired) electrons. The van der Waals surface area contributed by atoms with Gasteiger partial charge in [0.25, 0.3) is 5.91 Å². The Morgan fingerprint density at radius 2 is 1.77 bits per heavy atom. The molecule has 0 heterocycles. The maximum Gasteiger partial charge on any atom is 0.341 e. The fraction of sp³-hybridized carbons (Fsp3) is 0.300. The molecule has 138 valence electrons. The number of ether oxygens (including phenoxy) is 2. The average molecular weight is 357 g/mol. The Hall–Kier alpha value is -3.02. The molecule has 26 heavy (non-hydrogen) atoms. The second kappa shape index (κ2) is 8.89. The number of carbonyl (C=O) groups excluding carboxylic acids is 1. The Morgan fingerprint density at radius 1 is 1.08 bits per heavy atom. The van der Waals surface area contributed by atoms with Gasteiger partial charge >= 0.3 is 5.97 Å². The Morgan fingerprint density at radius 3 is 2.46 bits per heavy atom. The highest BCUT2D eigenvalue weighted by Crippen LogP contribution is 2.18. The predicted octanol–water partition coefficient (Wildman–Crippen LogP) is 3.21. The van der Waals surface area contributed by atoms with Crippen LogP contribution in [0.5, 0.6) is 11.5 Å². The summed E-state index contributed by atoms with van der Waals surface area (Å²) in [5.41, 5.74) is 1.39. The van der Waals surface area contributed by atoms with E-state index in [2.05, 4.69) is 0 Å². The largest absolute Gasteiger partial charge is 0.491 e. The van der Waals surface area contributed by atoms with Crippen LogP contribution >= 0.6 is 0 Å². The van der Waals surface area contributed by atoms with Gasteiger partial charge in [0.15, 0.2) is 6.61 Å². The molecule has 0 spiro atoms. The SMILES string of the molecule is CC(C)Oc1cccc(CN(C)C(=O)c2cccc(OCC(=O)O)c2)c1. The molecule has 2 rings (SSSR count). The lowest BCUT2D eigenvalue weighted by Crippen LogP contribution is -2.26. The quantitative estimate of drug-likeness (QED) is 0.785. The first-order valence-corrected chi connectivity index (χ1v) is 8.31. The van der Waals surface area contributed by atoms with E-state index in [9.17, 15) is 9.59 Å². The number of amides is 1. The summed E-state index contributed by atoms with van der Waals surface area (Å²) in [5, 5.41) is 8.67. The summed E-state index contributed by atoms with van der Waals surface area (Å²) in [6, 6.07) is 14.1. The number of carbonyl (C=O) groups is 2. The Kier molecular flexibility index (Phi) is 6.60. The number of rotatable bonds is 8. The number of hydrogen-bond donors (Lipinski definition) is 1. The minimum atomic E-state index is -1.07. The Bertz CT molecular complexity index is 772. The molecule has 0 unspecified atom stereocenters. The van der Waals surface area contributed by atoms with Crippen molar-refractivity contribution >= 4 is 11.9 Å². The summed E-state index contributed by atoms with van der Waals surface area (Å²) in [7, 11) is 1.71. The van der Waals surface area contributed by atoms with Crippen molar-refractivity contribution in [2.45, 2.75) is 26.5 Å². The molecule has 0 atom stereocenters. The van der Waals surface area contributed by atoms with E-state index < -0.39 is 12.6 Å². The zero-order valence-electron chi connectivity index (χ0n) is 15.1. The Balaban J connectivity index is 2.05. The third-order valence-corrected chi connectivity index (χ3v) is 3.48. The molecule has 0 bridgehead atoms. The molecule has 0 saturated heterocycles. The number of carboxylic acid groups (broad SMARTS) is 1. The number of aliphatic carboxylic acids is 1. The molecule has 0 aliphatic heterocycles. The fourth-order valence-corrected chi connectivity index (χ4v) is 2.42. The van der Waals surface area contributed by atoms with Gasteiger partial charge in [-0.3, -0.25) is 4.79 Å². The van der Waals surface area contributed by atoms with Gasteiger partial charge in [0, 0.05) is 19.2 Å². The van der Waals surface area contributed by atoms with E-state index in [1.165, 1.54) is 0 Å². The maximum atomic E-state index is 12.6. The maximum absolute atomic E-state index is 12.6. The van der Waals surface area contributed by atoms with E-state index >= 15 is 0 Å². The van der Waals surface area contributed by atoms with Crippen LogP contribution in [0.2, 0.25) is 0 Å². The van der Waals surface area contributed by atoms with Gasteiger partial charge in [0.1, 0.15) is 11.5 Å². The van der Waals surface area contributed by atoms with Crippen LogP contribution < -0.4 is 9.47 Å². The molecular weight excluding hydrogens is 334 g/mol. The first-order chi connectivity index (χ1) is 12.3. The molecule has 0 aliphatic rings. The highest BCUT2D eigenvalue weighted by Gasteiger charge is 2.13. The third kappa shape index (κ3) is 5.81. The van der Waals surface area contributed by atoms with Crippen molar-refractivity contribution in [2.24, 2.45) is 0 Å². The van der Waals surface area contributed by atoms with Crippen LogP contribution in [-0.2, 0) is 11.3 Å².